The van der Waals surface area contributed by atoms with Gasteiger partial charge in [-0.05, 0) is 71.9 Å². The highest BCUT2D eigenvalue weighted by Gasteiger charge is 2.33. The van der Waals surface area contributed by atoms with Gasteiger partial charge in [-0.2, -0.15) is 0 Å². The minimum Gasteiger partial charge on any atom is -0.497 e. The second-order valence-corrected chi connectivity index (χ2v) is 11.0. The topological polar surface area (TPSA) is 50.7 Å². The van der Waals surface area contributed by atoms with Gasteiger partial charge in [0, 0.05) is 21.7 Å². The second kappa shape index (κ2) is 8.97. The van der Waals surface area contributed by atoms with Crippen molar-refractivity contribution in [3.05, 3.63) is 62.7 Å². The van der Waals surface area contributed by atoms with Crippen molar-refractivity contribution in [2.45, 2.75) is 40.0 Å². The van der Waals surface area contributed by atoms with Crippen LogP contribution in [0, 0.1) is 11.3 Å². The fourth-order valence-electron chi connectivity index (χ4n) is 3.99. The molecule has 3 aromatic rings. The van der Waals surface area contributed by atoms with Gasteiger partial charge in [0.05, 0.1) is 12.7 Å². The Morgan fingerprint density at radius 2 is 2.00 bits per heavy atom. The van der Waals surface area contributed by atoms with E-state index < -0.39 is 0 Å². The van der Waals surface area contributed by atoms with E-state index in [2.05, 4.69) is 26.1 Å². The summed E-state index contributed by atoms with van der Waals surface area (Å²) in [5.41, 5.74) is 2.92. The monoisotopic (exact) mass is 452 g/mol. The third kappa shape index (κ3) is 4.91. The van der Waals surface area contributed by atoms with Crippen LogP contribution in [0.15, 0.2) is 46.8 Å². The van der Waals surface area contributed by atoms with Gasteiger partial charge in [0.1, 0.15) is 10.8 Å². The first-order valence-electron chi connectivity index (χ1n) is 10.5. The van der Waals surface area contributed by atoms with Crippen LogP contribution in [0.2, 0.25) is 0 Å². The lowest BCUT2D eigenvalue weighted by atomic mass is 9.72. The van der Waals surface area contributed by atoms with E-state index in [1.54, 1.807) is 29.8 Å². The maximum atomic E-state index is 13.4. The highest BCUT2D eigenvalue weighted by molar-refractivity contribution is 7.16. The SMILES string of the molecule is COc1ccc(NC(=O)c2c(N=Cc3cccs3)sc3c2CC[C@H](C(C)(C)C)C3)cc1. The number of aliphatic imine (C=N–C) groups is 1. The summed E-state index contributed by atoms with van der Waals surface area (Å²) in [4.78, 5) is 20.5. The van der Waals surface area contributed by atoms with Crippen molar-refractivity contribution in [1.29, 1.82) is 0 Å². The van der Waals surface area contributed by atoms with Crippen LogP contribution in [0.4, 0.5) is 10.7 Å². The van der Waals surface area contributed by atoms with Gasteiger partial charge >= 0.3 is 0 Å². The van der Waals surface area contributed by atoms with Crippen molar-refractivity contribution in [2.24, 2.45) is 16.3 Å². The zero-order valence-corrected chi connectivity index (χ0v) is 20.0. The molecule has 6 heteroatoms. The Hall–Kier alpha value is -2.44. The number of carbonyl (C=O) groups is 1. The molecule has 1 aliphatic carbocycles. The molecule has 0 saturated heterocycles. The van der Waals surface area contributed by atoms with Crippen LogP contribution in [0.5, 0.6) is 5.75 Å². The summed E-state index contributed by atoms with van der Waals surface area (Å²) in [6.45, 7) is 6.93. The van der Waals surface area contributed by atoms with Crippen LogP contribution in [0.1, 0.15) is 52.9 Å². The predicted octanol–water partition coefficient (Wildman–Crippen LogP) is 6.97. The Morgan fingerprint density at radius 1 is 1.23 bits per heavy atom. The summed E-state index contributed by atoms with van der Waals surface area (Å²) >= 11 is 3.32. The Morgan fingerprint density at radius 3 is 2.65 bits per heavy atom. The van der Waals surface area contributed by atoms with Gasteiger partial charge in [-0.25, -0.2) is 4.99 Å². The van der Waals surface area contributed by atoms with Crippen molar-refractivity contribution in [3.8, 4) is 5.75 Å². The summed E-state index contributed by atoms with van der Waals surface area (Å²) in [5, 5.41) is 5.90. The van der Waals surface area contributed by atoms with Crippen LogP contribution < -0.4 is 10.1 Å². The molecule has 2 heterocycles. The van der Waals surface area contributed by atoms with Crippen LogP contribution in [-0.2, 0) is 12.8 Å². The fraction of sp³-hybridized carbons (Fsp3) is 0.360. The molecule has 1 atom stereocenters. The number of methoxy groups -OCH3 is 1. The molecule has 1 amide bonds. The van der Waals surface area contributed by atoms with Crippen molar-refractivity contribution in [3.63, 3.8) is 0 Å². The summed E-state index contributed by atoms with van der Waals surface area (Å²) in [6, 6.07) is 11.5. The van der Waals surface area contributed by atoms with Gasteiger partial charge in [-0.15, -0.1) is 22.7 Å². The first kappa shape index (κ1) is 21.8. The first-order chi connectivity index (χ1) is 14.8. The van der Waals surface area contributed by atoms with Crippen LogP contribution in [0.3, 0.4) is 0 Å². The molecule has 1 aromatic carbocycles. The summed E-state index contributed by atoms with van der Waals surface area (Å²) in [5.74, 6) is 1.29. The lowest BCUT2D eigenvalue weighted by Crippen LogP contribution is -2.27. The minimum atomic E-state index is -0.0878. The number of amides is 1. The highest BCUT2D eigenvalue weighted by atomic mass is 32.1. The second-order valence-electron chi connectivity index (χ2n) is 8.95. The molecule has 0 radical (unpaired) electrons. The minimum absolute atomic E-state index is 0.0878. The lowest BCUT2D eigenvalue weighted by Gasteiger charge is -2.33. The smallest absolute Gasteiger partial charge is 0.259 e. The normalized spacial score (nSPS) is 16.3. The van der Waals surface area contributed by atoms with Crippen molar-refractivity contribution in [2.75, 3.05) is 12.4 Å². The number of hydrogen-bond acceptors (Lipinski definition) is 5. The highest BCUT2D eigenvalue weighted by Crippen LogP contribution is 2.45. The Bertz CT molecular complexity index is 1070. The number of thiophene rings is 2. The molecule has 0 spiro atoms. The summed E-state index contributed by atoms with van der Waals surface area (Å²) in [6.07, 6.45) is 4.91. The number of nitrogens with zero attached hydrogens (tertiary/aromatic N) is 1. The van der Waals surface area contributed by atoms with Crippen molar-refractivity contribution >= 4 is 45.5 Å². The number of hydrogen-bond donors (Lipinski definition) is 1. The van der Waals surface area contributed by atoms with E-state index in [0.29, 0.717) is 5.92 Å². The Labute approximate surface area is 192 Å². The quantitative estimate of drug-likeness (QED) is 0.425. The van der Waals surface area contributed by atoms with E-state index in [9.17, 15) is 4.79 Å². The number of ether oxygens (including phenoxy) is 1. The molecule has 0 fully saturated rings. The lowest BCUT2D eigenvalue weighted by molar-refractivity contribution is 0.102. The van der Waals surface area contributed by atoms with Crippen LogP contribution in [-0.4, -0.2) is 19.2 Å². The number of benzene rings is 1. The van der Waals surface area contributed by atoms with Gasteiger partial charge in [-0.3, -0.25) is 4.79 Å². The molecule has 4 nitrogen and oxygen atoms in total. The molecular weight excluding hydrogens is 424 g/mol. The van der Waals surface area contributed by atoms with Gasteiger partial charge < -0.3 is 10.1 Å². The van der Waals surface area contributed by atoms with Gasteiger partial charge in [0.25, 0.3) is 5.91 Å². The third-order valence-electron chi connectivity index (χ3n) is 5.90. The van der Waals surface area contributed by atoms with Crippen molar-refractivity contribution in [1.82, 2.24) is 0 Å². The van der Waals surface area contributed by atoms with E-state index in [1.165, 1.54) is 10.4 Å². The van der Waals surface area contributed by atoms with Crippen LogP contribution >= 0.6 is 22.7 Å². The average molecular weight is 453 g/mol. The largest absolute Gasteiger partial charge is 0.497 e. The average Bonchev–Trinajstić information content (AvgIpc) is 3.39. The number of rotatable bonds is 5. The Kier molecular flexibility index (Phi) is 6.30. The number of anilines is 1. The molecule has 1 aliphatic rings. The molecule has 0 saturated carbocycles. The summed E-state index contributed by atoms with van der Waals surface area (Å²) < 4.78 is 5.22. The van der Waals surface area contributed by atoms with E-state index in [-0.39, 0.29) is 11.3 Å². The fourth-order valence-corrected chi connectivity index (χ4v) is 5.84. The van der Waals surface area contributed by atoms with E-state index in [0.717, 1.165) is 46.1 Å². The molecule has 31 heavy (non-hydrogen) atoms. The standard InChI is InChI=1S/C25H28N2O2S2/c1-25(2,3)16-7-12-20-21(14-16)31-24(26-15-19-6-5-13-30-19)22(20)23(28)27-17-8-10-18(29-4)11-9-17/h5-6,8-11,13,15-16H,7,12,14H2,1-4H3,(H,27,28)/t16-/m0/s1. The predicted molar refractivity (Wildman–Crippen MR) is 132 cm³/mol. The third-order valence-corrected chi connectivity index (χ3v) is 7.87. The van der Waals surface area contributed by atoms with E-state index in [4.69, 9.17) is 9.73 Å². The molecule has 0 unspecified atom stereocenters. The molecule has 4 rings (SSSR count). The number of nitrogens with one attached hydrogen (secondary N) is 1. The molecule has 162 valence electrons. The van der Waals surface area contributed by atoms with Gasteiger partial charge in [0.2, 0.25) is 0 Å². The summed E-state index contributed by atoms with van der Waals surface area (Å²) in [7, 11) is 1.63. The maximum absolute atomic E-state index is 13.4. The van der Waals surface area contributed by atoms with E-state index in [1.807, 2.05) is 48.0 Å². The van der Waals surface area contributed by atoms with E-state index >= 15 is 0 Å². The van der Waals surface area contributed by atoms with Gasteiger partial charge in [-0.1, -0.05) is 26.8 Å². The zero-order valence-electron chi connectivity index (χ0n) is 18.4. The molecule has 2 aromatic heterocycles. The van der Waals surface area contributed by atoms with Crippen LogP contribution in [0.25, 0.3) is 0 Å². The number of fused-ring (bicyclic) bond motifs is 1. The van der Waals surface area contributed by atoms with Crippen molar-refractivity contribution < 1.29 is 9.53 Å². The Balaban J connectivity index is 1.67. The first-order valence-corrected chi connectivity index (χ1v) is 12.2. The van der Waals surface area contributed by atoms with Gasteiger partial charge in [0.15, 0.2) is 0 Å². The zero-order chi connectivity index (χ0) is 22.0. The molecule has 0 aliphatic heterocycles. The molecular formula is C25H28N2O2S2. The number of carbonyl (C=O) groups excluding carboxylic acids is 1. The maximum Gasteiger partial charge on any atom is 0.259 e. The molecule has 1 N–H and O–H groups in total. The molecule has 0 bridgehead atoms.